The van der Waals surface area contributed by atoms with Gasteiger partial charge in [-0.3, -0.25) is 0 Å². The third-order valence-electron chi connectivity index (χ3n) is 6.42. The molecule has 1 heterocycles. The Morgan fingerprint density at radius 3 is 2.37 bits per heavy atom. The Balaban J connectivity index is 1.34. The molecule has 1 aliphatic rings. The van der Waals surface area contributed by atoms with Gasteiger partial charge in [-0.25, -0.2) is 4.79 Å². The van der Waals surface area contributed by atoms with Gasteiger partial charge in [0.2, 0.25) is 5.88 Å². The minimum Gasteiger partial charge on any atom is -0.490 e. The second-order valence-corrected chi connectivity index (χ2v) is 9.49. The van der Waals surface area contributed by atoms with Gasteiger partial charge in [-0.15, -0.1) is 0 Å². The third-order valence-corrected chi connectivity index (χ3v) is 6.79. The predicted molar refractivity (Wildman–Crippen MR) is 155 cm³/mol. The smallest absolute Gasteiger partial charge is 0.343 e. The molecule has 0 radical (unpaired) electrons. The summed E-state index contributed by atoms with van der Waals surface area (Å²) in [5.74, 6) is 0.905. The fourth-order valence-corrected chi connectivity index (χ4v) is 4.57. The second kappa shape index (κ2) is 12.3. The van der Waals surface area contributed by atoms with Gasteiger partial charge in [0.25, 0.3) is 0 Å². The molecule has 2 N–H and O–H groups in total. The molecule has 41 heavy (non-hydrogen) atoms. The summed E-state index contributed by atoms with van der Waals surface area (Å²) >= 11 is 6.23. The van der Waals surface area contributed by atoms with Crippen LogP contribution in [0, 0.1) is 11.3 Å². The van der Waals surface area contributed by atoms with Gasteiger partial charge in [0.15, 0.2) is 0 Å². The van der Waals surface area contributed by atoms with Gasteiger partial charge in [0.1, 0.15) is 47.9 Å². The van der Waals surface area contributed by atoms with Crippen molar-refractivity contribution in [1.29, 1.82) is 5.26 Å². The number of carbonyl (C=O) groups is 1. The van der Waals surface area contributed by atoms with Crippen LogP contribution in [0.1, 0.15) is 33.0 Å². The topological polar surface area (TPSA) is 104 Å². The number of nitrogens with zero attached hydrogens (tertiary/aromatic N) is 1. The lowest BCUT2D eigenvalue weighted by atomic mass is 9.83. The Kier molecular flexibility index (Phi) is 8.23. The van der Waals surface area contributed by atoms with E-state index < -0.39 is 11.9 Å². The minimum absolute atomic E-state index is 0.0114. The lowest BCUT2D eigenvalue weighted by molar-refractivity contribution is 0.0734. The van der Waals surface area contributed by atoms with Crippen LogP contribution in [0.15, 0.2) is 115 Å². The summed E-state index contributed by atoms with van der Waals surface area (Å²) < 4.78 is 22.7. The van der Waals surface area contributed by atoms with Crippen LogP contribution in [0.25, 0.3) is 0 Å². The van der Waals surface area contributed by atoms with E-state index in [1.165, 1.54) is 0 Å². The van der Waals surface area contributed by atoms with Crippen LogP contribution in [0.2, 0.25) is 5.02 Å². The fourth-order valence-electron chi connectivity index (χ4n) is 4.38. The van der Waals surface area contributed by atoms with Crippen molar-refractivity contribution in [2.75, 3.05) is 6.61 Å². The van der Waals surface area contributed by atoms with Crippen LogP contribution >= 0.6 is 11.6 Å². The maximum absolute atomic E-state index is 12.7. The number of rotatable bonds is 9. The molecular formula is C33H25ClN2O5. The van der Waals surface area contributed by atoms with E-state index >= 15 is 0 Å². The standard InChI is InChI=1S/C33H25ClN2O5/c1-2-17-38-24-13-9-22(10-14-24)33(37)40-26-15-16-27-30(18-26)41-32(36)28(19-35)31(27)21-7-11-25(12-8-21)39-20-23-5-3-4-6-29(23)34/h2-16,18,31H,1,17,20,36H2. The zero-order chi connectivity index (χ0) is 28.8. The molecule has 4 aromatic carbocycles. The highest BCUT2D eigenvalue weighted by Gasteiger charge is 2.31. The molecule has 0 fully saturated rings. The number of halogens is 1. The Morgan fingerprint density at radius 2 is 1.66 bits per heavy atom. The van der Waals surface area contributed by atoms with Gasteiger partial charge >= 0.3 is 5.97 Å². The molecule has 4 aromatic rings. The molecule has 1 atom stereocenters. The predicted octanol–water partition coefficient (Wildman–Crippen LogP) is 6.92. The van der Waals surface area contributed by atoms with Gasteiger partial charge in [0.05, 0.1) is 11.5 Å². The van der Waals surface area contributed by atoms with Gasteiger partial charge < -0.3 is 24.7 Å². The lowest BCUT2D eigenvalue weighted by Crippen LogP contribution is -2.21. The molecule has 8 heteroatoms. The highest BCUT2D eigenvalue weighted by Crippen LogP contribution is 2.43. The van der Waals surface area contributed by atoms with E-state index in [9.17, 15) is 10.1 Å². The molecule has 0 aliphatic carbocycles. The molecular weight excluding hydrogens is 540 g/mol. The summed E-state index contributed by atoms with van der Waals surface area (Å²) in [6.45, 7) is 4.30. The quantitative estimate of drug-likeness (QED) is 0.134. The molecule has 5 rings (SSSR count). The molecule has 1 aliphatic heterocycles. The van der Waals surface area contributed by atoms with Gasteiger partial charge in [-0.1, -0.05) is 60.7 Å². The number of benzene rings is 4. The van der Waals surface area contributed by atoms with Gasteiger partial charge in [0, 0.05) is 22.2 Å². The van der Waals surface area contributed by atoms with E-state index in [0.717, 1.165) is 11.1 Å². The maximum atomic E-state index is 12.7. The van der Waals surface area contributed by atoms with E-state index in [-0.39, 0.29) is 17.2 Å². The Morgan fingerprint density at radius 1 is 0.976 bits per heavy atom. The molecule has 0 spiro atoms. The van der Waals surface area contributed by atoms with Crippen molar-refractivity contribution < 1.29 is 23.7 Å². The van der Waals surface area contributed by atoms with Gasteiger partial charge in [-0.05, 0) is 54.1 Å². The van der Waals surface area contributed by atoms with Crippen molar-refractivity contribution in [3.63, 3.8) is 0 Å². The Bertz CT molecular complexity index is 1660. The van der Waals surface area contributed by atoms with Crippen LogP contribution in [0.5, 0.6) is 23.0 Å². The van der Waals surface area contributed by atoms with Crippen molar-refractivity contribution in [3.05, 3.63) is 142 Å². The number of ether oxygens (including phenoxy) is 4. The first-order valence-electron chi connectivity index (χ1n) is 12.7. The second-order valence-electron chi connectivity index (χ2n) is 9.09. The van der Waals surface area contributed by atoms with Crippen molar-refractivity contribution in [2.45, 2.75) is 12.5 Å². The average Bonchev–Trinajstić information content (AvgIpc) is 2.99. The first-order chi connectivity index (χ1) is 20.0. The molecule has 7 nitrogen and oxygen atoms in total. The first kappa shape index (κ1) is 27.4. The highest BCUT2D eigenvalue weighted by atomic mass is 35.5. The third kappa shape index (κ3) is 6.19. The summed E-state index contributed by atoms with van der Waals surface area (Å²) in [6.07, 6.45) is 1.64. The van der Waals surface area contributed by atoms with E-state index in [0.29, 0.717) is 46.6 Å². The zero-order valence-electron chi connectivity index (χ0n) is 21.9. The highest BCUT2D eigenvalue weighted by molar-refractivity contribution is 6.31. The molecule has 0 amide bonds. The summed E-state index contributed by atoms with van der Waals surface area (Å²) in [5.41, 5.74) is 9.21. The van der Waals surface area contributed by atoms with Gasteiger partial charge in [-0.2, -0.15) is 5.26 Å². The average molecular weight is 565 g/mol. The molecule has 0 saturated heterocycles. The summed E-state index contributed by atoms with van der Waals surface area (Å²) in [7, 11) is 0. The Hall–Kier alpha value is -5.19. The maximum Gasteiger partial charge on any atom is 0.343 e. The normalized spacial score (nSPS) is 13.8. The summed E-state index contributed by atoms with van der Waals surface area (Å²) in [4.78, 5) is 12.7. The van der Waals surface area contributed by atoms with Crippen LogP contribution < -0.4 is 24.7 Å². The van der Waals surface area contributed by atoms with Crippen LogP contribution in [-0.4, -0.2) is 12.6 Å². The number of hydrogen-bond acceptors (Lipinski definition) is 7. The van der Waals surface area contributed by atoms with E-state index in [2.05, 4.69) is 12.6 Å². The van der Waals surface area contributed by atoms with Crippen LogP contribution in [0.3, 0.4) is 0 Å². The first-order valence-corrected chi connectivity index (χ1v) is 13.1. The molecule has 0 saturated carbocycles. The number of nitrogens with two attached hydrogens (primary N) is 1. The van der Waals surface area contributed by atoms with Crippen molar-refractivity contribution >= 4 is 17.6 Å². The van der Waals surface area contributed by atoms with Crippen LogP contribution in [0.4, 0.5) is 0 Å². The Labute approximate surface area is 242 Å². The fraction of sp³-hybridized carbons (Fsp3) is 0.0909. The van der Waals surface area contributed by atoms with E-state index in [1.807, 2.05) is 48.5 Å². The van der Waals surface area contributed by atoms with E-state index in [1.54, 1.807) is 48.5 Å². The van der Waals surface area contributed by atoms with E-state index in [4.69, 9.17) is 36.3 Å². The SMILES string of the molecule is C=CCOc1ccc(C(=O)Oc2ccc3c(c2)OC(N)=C(C#N)C3c2ccc(OCc3ccccc3Cl)cc2)cc1. The molecule has 0 aromatic heterocycles. The van der Waals surface area contributed by atoms with Crippen molar-refractivity contribution in [2.24, 2.45) is 5.73 Å². The minimum atomic E-state index is -0.541. The number of esters is 1. The van der Waals surface area contributed by atoms with Crippen molar-refractivity contribution in [3.8, 4) is 29.1 Å². The number of carbonyl (C=O) groups excluding carboxylic acids is 1. The summed E-state index contributed by atoms with van der Waals surface area (Å²) in [5, 5.41) is 10.5. The lowest BCUT2D eigenvalue weighted by Gasteiger charge is -2.26. The monoisotopic (exact) mass is 564 g/mol. The summed E-state index contributed by atoms with van der Waals surface area (Å²) in [6, 6.07) is 28.7. The molecule has 204 valence electrons. The number of fused-ring (bicyclic) bond motifs is 1. The number of allylic oxidation sites excluding steroid dienone is 1. The van der Waals surface area contributed by atoms with Crippen molar-refractivity contribution in [1.82, 2.24) is 0 Å². The molecule has 0 bridgehead atoms. The molecule has 1 unspecified atom stereocenters. The van der Waals surface area contributed by atoms with Crippen LogP contribution in [-0.2, 0) is 6.61 Å². The largest absolute Gasteiger partial charge is 0.490 e. The number of nitriles is 1. The zero-order valence-corrected chi connectivity index (χ0v) is 22.6. The number of hydrogen-bond donors (Lipinski definition) is 1.